The van der Waals surface area contributed by atoms with Crippen LogP contribution in [0, 0.1) is 5.92 Å². The van der Waals surface area contributed by atoms with Crippen LogP contribution in [0.2, 0.25) is 0 Å². The highest BCUT2D eigenvalue weighted by molar-refractivity contribution is 5.81. The normalized spacial score (nSPS) is 9.71. The molecular formula is C5H10O2. The van der Waals surface area contributed by atoms with Crippen molar-refractivity contribution in [1.82, 2.24) is 0 Å². The summed E-state index contributed by atoms with van der Waals surface area (Å²) in [7, 11) is 0. The van der Waals surface area contributed by atoms with Gasteiger partial charge < -0.3 is 5.11 Å². The van der Waals surface area contributed by atoms with Crippen molar-refractivity contribution in [3.05, 3.63) is 0 Å². The fourth-order valence-electron chi connectivity index (χ4n) is 0.183. The van der Waals surface area contributed by atoms with E-state index in [2.05, 4.69) is 0 Å². The van der Waals surface area contributed by atoms with Gasteiger partial charge in [-0.15, -0.1) is 0 Å². The Kier molecular flexibility index (Phi) is 2.60. The van der Waals surface area contributed by atoms with Crippen LogP contribution in [0.15, 0.2) is 0 Å². The molecule has 7 heavy (non-hydrogen) atoms. The SMILES string of the molecule is CC(C)C(=O)CO. The summed E-state index contributed by atoms with van der Waals surface area (Å²) in [4.78, 5) is 10.3. The summed E-state index contributed by atoms with van der Waals surface area (Å²) in [6.45, 7) is 3.20. The van der Waals surface area contributed by atoms with Crippen LogP contribution in [0.5, 0.6) is 0 Å². The molecule has 0 fully saturated rings. The highest BCUT2D eigenvalue weighted by Gasteiger charge is 2.02. The fraction of sp³-hybridized carbons (Fsp3) is 0.800. The highest BCUT2D eigenvalue weighted by atomic mass is 16.3. The molecule has 0 amide bonds. The van der Waals surface area contributed by atoms with E-state index in [0.29, 0.717) is 0 Å². The molecule has 0 rings (SSSR count). The molecule has 1 N–H and O–H groups in total. The summed E-state index contributed by atoms with van der Waals surface area (Å²) in [5.74, 6) is -0.120. The van der Waals surface area contributed by atoms with E-state index in [0.717, 1.165) is 0 Å². The van der Waals surface area contributed by atoms with Crippen molar-refractivity contribution < 1.29 is 9.90 Å². The number of hydrogen-bond donors (Lipinski definition) is 1. The second-order valence-electron chi connectivity index (χ2n) is 1.78. The molecule has 0 heterocycles. The van der Waals surface area contributed by atoms with Crippen LogP contribution < -0.4 is 0 Å². The molecule has 0 bridgehead atoms. The van der Waals surface area contributed by atoms with E-state index in [9.17, 15) is 4.79 Å². The number of rotatable bonds is 2. The minimum atomic E-state index is -0.322. The average molecular weight is 102 g/mol. The molecule has 0 unspecified atom stereocenters. The second-order valence-corrected chi connectivity index (χ2v) is 1.78. The van der Waals surface area contributed by atoms with Crippen LogP contribution >= 0.6 is 0 Å². The standard InChI is InChI=1S/C5H10O2/c1-4(2)5(7)3-6/h4,6H,3H2,1-2H3. The minimum Gasteiger partial charge on any atom is -0.389 e. The summed E-state index contributed by atoms with van der Waals surface area (Å²) < 4.78 is 0. The van der Waals surface area contributed by atoms with E-state index in [4.69, 9.17) is 5.11 Å². The quantitative estimate of drug-likeness (QED) is 0.541. The first-order valence-electron chi connectivity index (χ1n) is 2.32. The maximum absolute atomic E-state index is 10.3. The molecule has 0 aliphatic heterocycles. The van der Waals surface area contributed by atoms with Gasteiger partial charge in [0, 0.05) is 5.92 Å². The van der Waals surface area contributed by atoms with Crippen LogP contribution in [0.1, 0.15) is 13.8 Å². The van der Waals surface area contributed by atoms with Gasteiger partial charge in [-0.25, -0.2) is 0 Å². The Morgan fingerprint density at radius 3 is 2.14 bits per heavy atom. The first-order valence-corrected chi connectivity index (χ1v) is 2.32. The third kappa shape index (κ3) is 2.34. The third-order valence-corrected chi connectivity index (χ3v) is 0.800. The lowest BCUT2D eigenvalue weighted by Crippen LogP contribution is -2.10. The first kappa shape index (κ1) is 6.63. The number of aliphatic hydroxyl groups is 1. The first-order chi connectivity index (χ1) is 3.18. The second kappa shape index (κ2) is 2.75. The molecule has 0 aliphatic carbocycles. The van der Waals surface area contributed by atoms with Gasteiger partial charge in [0.05, 0.1) is 0 Å². The Balaban J connectivity index is 3.35. The maximum Gasteiger partial charge on any atom is 0.160 e. The van der Waals surface area contributed by atoms with Crippen molar-refractivity contribution in [2.24, 2.45) is 5.92 Å². The molecule has 0 aromatic rings. The van der Waals surface area contributed by atoms with Crippen LogP contribution in [0.3, 0.4) is 0 Å². The van der Waals surface area contributed by atoms with E-state index in [1.807, 2.05) is 0 Å². The zero-order valence-corrected chi connectivity index (χ0v) is 4.64. The van der Waals surface area contributed by atoms with E-state index in [1.54, 1.807) is 13.8 Å². The Bertz CT molecular complexity index is 66.5. The summed E-state index contributed by atoms with van der Waals surface area (Å²) in [6, 6.07) is 0. The lowest BCUT2D eigenvalue weighted by Gasteiger charge is -1.95. The molecule has 2 heteroatoms. The topological polar surface area (TPSA) is 37.3 Å². The number of hydrogen-bond acceptors (Lipinski definition) is 2. The molecule has 2 nitrogen and oxygen atoms in total. The Morgan fingerprint density at radius 1 is 1.71 bits per heavy atom. The Hall–Kier alpha value is -0.370. The Labute approximate surface area is 43.2 Å². The van der Waals surface area contributed by atoms with Crippen molar-refractivity contribution in [1.29, 1.82) is 0 Å². The molecule has 0 radical (unpaired) electrons. The van der Waals surface area contributed by atoms with Crippen molar-refractivity contribution in [3.63, 3.8) is 0 Å². The summed E-state index contributed by atoms with van der Waals surface area (Å²) in [6.07, 6.45) is 0. The third-order valence-electron chi connectivity index (χ3n) is 0.800. The van der Waals surface area contributed by atoms with Crippen LogP contribution in [0.4, 0.5) is 0 Å². The number of carbonyl (C=O) groups is 1. The molecular weight excluding hydrogens is 92.1 g/mol. The average Bonchev–Trinajstić information content (AvgIpc) is 1.65. The highest BCUT2D eigenvalue weighted by Crippen LogP contribution is 1.90. The molecule has 0 spiro atoms. The van der Waals surface area contributed by atoms with Gasteiger partial charge in [0.2, 0.25) is 0 Å². The van der Waals surface area contributed by atoms with E-state index in [-0.39, 0.29) is 18.3 Å². The molecule has 0 aromatic carbocycles. The Morgan fingerprint density at radius 2 is 2.14 bits per heavy atom. The molecule has 0 aromatic heterocycles. The van der Waals surface area contributed by atoms with Crippen molar-refractivity contribution in [2.75, 3.05) is 6.61 Å². The zero-order chi connectivity index (χ0) is 5.86. The smallest absolute Gasteiger partial charge is 0.160 e. The van der Waals surface area contributed by atoms with Gasteiger partial charge >= 0.3 is 0 Å². The van der Waals surface area contributed by atoms with Crippen molar-refractivity contribution in [3.8, 4) is 0 Å². The monoisotopic (exact) mass is 102 g/mol. The lowest BCUT2D eigenvalue weighted by atomic mass is 10.1. The predicted octanol–water partition coefficient (Wildman–Crippen LogP) is 0.204. The lowest BCUT2D eigenvalue weighted by molar-refractivity contribution is -0.124. The molecule has 0 saturated carbocycles. The molecule has 0 saturated heterocycles. The number of ketones is 1. The van der Waals surface area contributed by atoms with Gasteiger partial charge in [-0.1, -0.05) is 13.8 Å². The number of aliphatic hydroxyl groups excluding tert-OH is 1. The van der Waals surface area contributed by atoms with Gasteiger partial charge in [0.25, 0.3) is 0 Å². The molecule has 0 atom stereocenters. The van der Waals surface area contributed by atoms with Gasteiger partial charge in [0.15, 0.2) is 5.78 Å². The number of Topliss-reactive ketones (excluding diaryl/α,β-unsaturated/α-hetero) is 1. The van der Waals surface area contributed by atoms with Gasteiger partial charge in [-0.05, 0) is 0 Å². The van der Waals surface area contributed by atoms with E-state index in [1.165, 1.54) is 0 Å². The molecule has 0 aliphatic rings. The van der Waals surface area contributed by atoms with Crippen LogP contribution in [-0.2, 0) is 4.79 Å². The van der Waals surface area contributed by atoms with Gasteiger partial charge in [-0.2, -0.15) is 0 Å². The predicted molar refractivity (Wildman–Crippen MR) is 26.9 cm³/mol. The molecule has 42 valence electrons. The van der Waals surface area contributed by atoms with E-state index < -0.39 is 0 Å². The van der Waals surface area contributed by atoms with Crippen molar-refractivity contribution in [2.45, 2.75) is 13.8 Å². The number of carbonyl (C=O) groups excluding carboxylic acids is 1. The summed E-state index contributed by atoms with van der Waals surface area (Å²) >= 11 is 0. The zero-order valence-electron chi connectivity index (χ0n) is 4.64. The van der Waals surface area contributed by atoms with Crippen LogP contribution in [0.25, 0.3) is 0 Å². The van der Waals surface area contributed by atoms with Gasteiger partial charge in [0.1, 0.15) is 6.61 Å². The maximum atomic E-state index is 10.3. The summed E-state index contributed by atoms with van der Waals surface area (Å²) in [5.41, 5.74) is 0. The largest absolute Gasteiger partial charge is 0.389 e. The van der Waals surface area contributed by atoms with Crippen LogP contribution in [-0.4, -0.2) is 17.5 Å². The van der Waals surface area contributed by atoms with E-state index >= 15 is 0 Å². The minimum absolute atomic E-state index is 0.0231. The van der Waals surface area contributed by atoms with Gasteiger partial charge in [-0.3, -0.25) is 4.79 Å². The summed E-state index contributed by atoms with van der Waals surface area (Å²) in [5, 5.41) is 8.16. The van der Waals surface area contributed by atoms with Crippen molar-refractivity contribution >= 4 is 5.78 Å². The fourth-order valence-corrected chi connectivity index (χ4v) is 0.183.